The molecule has 0 aliphatic carbocycles. The molecule has 6 heteroatoms. The van der Waals surface area contributed by atoms with E-state index < -0.39 is 0 Å². The number of fused-ring (bicyclic) bond motifs is 1. The molecule has 3 aromatic rings. The number of nitrogens with one attached hydrogen (secondary N) is 1. The SMILES string of the molecule is c1cnnc(N2CCCC(NCc3nc4ccccc4o3)C2)c1. The van der Waals surface area contributed by atoms with Crippen LogP contribution in [-0.2, 0) is 6.54 Å². The Morgan fingerprint density at radius 3 is 3.04 bits per heavy atom. The maximum atomic E-state index is 5.76. The second-order valence-electron chi connectivity index (χ2n) is 5.82. The summed E-state index contributed by atoms with van der Waals surface area (Å²) in [6.45, 7) is 2.60. The fourth-order valence-corrected chi connectivity index (χ4v) is 3.04. The van der Waals surface area contributed by atoms with E-state index in [-0.39, 0.29) is 0 Å². The van der Waals surface area contributed by atoms with Gasteiger partial charge in [-0.1, -0.05) is 12.1 Å². The maximum absolute atomic E-state index is 5.76. The molecule has 4 rings (SSSR count). The summed E-state index contributed by atoms with van der Waals surface area (Å²) in [5.41, 5.74) is 1.75. The first-order valence-electron chi connectivity index (χ1n) is 7.99. The molecule has 1 atom stereocenters. The van der Waals surface area contributed by atoms with E-state index in [1.54, 1.807) is 6.20 Å². The molecule has 1 aliphatic rings. The molecular formula is C17H19N5O. The number of hydrogen-bond donors (Lipinski definition) is 1. The van der Waals surface area contributed by atoms with Gasteiger partial charge in [-0.3, -0.25) is 0 Å². The van der Waals surface area contributed by atoms with Crippen molar-refractivity contribution < 1.29 is 4.42 Å². The van der Waals surface area contributed by atoms with Crippen LogP contribution in [0.2, 0.25) is 0 Å². The van der Waals surface area contributed by atoms with Crippen molar-refractivity contribution in [1.29, 1.82) is 0 Å². The van der Waals surface area contributed by atoms with Gasteiger partial charge in [-0.05, 0) is 37.1 Å². The molecular weight excluding hydrogens is 290 g/mol. The van der Waals surface area contributed by atoms with Crippen molar-refractivity contribution in [3.8, 4) is 0 Å². The van der Waals surface area contributed by atoms with Crippen LogP contribution in [0.4, 0.5) is 5.82 Å². The molecule has 118 valence electrons. The Morgan fingerprint density at radius 1 is 1.22 bits per heavy atom. The highest BCUT2D eigenvalue weighted by Gasteiger charge is 2.21. The largest absolute Gasteiger partial charge is 0.439 e. The Balaban J connectivity index is 1.38. The summed E-state index contributed by atoms with van der Waals surface area (Å²) in [4.78, 5) is 6.79. The van der Waals surface area contributed by atoms with Crippen molar-refractivity contribution in [1.82, 2.24) is 20.5 Å². The lowest BCUT2D eigenvalue weighted by atomic mass is 10.1. The Bertz CT molecular complexity index is 740. The van der Waals surface area contributed by atoms with E-state index in [2.05, 4.69) is 25.4 Å². The van der Waals surface area contributed by atoms with Gasteiger partial charge in [0.05, 0.1) is 6.54 Å². The van der Waals surface area contributed by atoms with Crippen LogP contribution in [0.3, 0.4) is 0 Å². The molecule has 0 radical (unpaired) electrons. The Kier molecular flexibility index (Phi) is 3.90. The van der Waals surface area contributed by atoms with Gasteiger partial charge in [-0.25, -0.2) is 4.98 Å². The third-order valence-corrected chi connectivity index (χ3v) is 4.18. The minimum Gasteiger partial charge on any atom is -0.439 e. The maximum Gasteiger partial charge on any atom is 0.209 e. The molecule has 0 spiro atoms. The van der Waals surface area contributed by atoms with Crippen LogP contribution in [0.5, 0.6) is 0 Å². The zero-order valence-electron chi connectivity index (χ0n) is 12.9. The zero-order valence-corrected chi connectivity index (χ0v) is 12.9. The molecule has 3 heterocycles. The van der Waals surface area contributed by atoms with Crippen LogP contribution in [0.25, 0.3) is 11.1 Å². The molecule has 1 N–H and O–H groups in total. The van der Waals surface area contributed by atoms with Crippen molar-refractivity contribution in [3.63, 3.8) is 0 Å². The monoisotopic (exact) mass is 309 g/mol. The summed E-state index contributed by atoms with van der Waals surface area (Å²) in [6, 6.07) is 12.2. The number of anilines is 1. The average Bonchev–Trinajstić information content (AvgIpc) is 3.04. The van der Waals surface area contributed by atoms with E-state index in [9.17, 15) is 0 Å². The molecule has 0 bridgehead atoms. The van der Waals surface area contributed by atoms with E-state index in [0.29, 0.717) is 12.6 Å². The van der Waals surface area contributed by atoms with E-state index in [0.717, 1.165) is 48.7 Å². The summed E-state index contributed by atoms with van der Waals surface area (Å²) in [5.74, 6) is 1.68. The summed E-state index contributed by atoms with van der Waals surface area (Å²) in [6.07, 6.45) is 4.00. The minimum absolute atomic E-state index is 0.403. The highest BCUT2D eigenvalue weighted by Crippen LogP contribution is 2.18. The zero-order chi connectivity index (χ0) is 15.5. The van der Waals surface area contributed by atoms with Crippen LogP contribution < -0.4 is 10.2 Å². The van der Waals surface area contributed by atoms with E-state index >= 15 is 0 Å². The lowest BCUT2D eigenvalue weighted by Crippen LogP contribution is -2.45. The number of rotatable bonds is 4. The lowest BCUT2D eigenvalue weighted by molar-refractivity contribution is 0.393. The van der Waals surface area contributed by atoms with Crippen LogP contribution in [0.15, 0.2) is 47.0 Å². The van der Waals surface area contributed by atoms with E-state index in [4.69, 9.17) is 4.42 Å². The van der Waals surface area contributed by atoms with Crippen LogP contribution in [0, 0.1) is 0 Å². The summed E-state index contributed by atoms with van der Waals surface area (Å²) in [7, 11) is 0. The summed E-state index contributed by atoms with van der Waals surface area (Å²) < 4.78 is 5.76. The third-order valence-electron chi connectivity index (χ3n) is 4.18. The normalized spacial score (nSPS) is 18.4. The van der Waals surface area contributed by atoms with Gasteiger partial charge in [0, 0.05) is 25.3 Å². The van der Waals surface area contributed by atoms with Gasteiger partial charge in [0.15, 0.2) is 11.4 Å². The van der Waals surface area contributed by atoms with Gasteiger partial charge in [0.25, 0.3) is 0 Å². The Labute approximate surface area is 134 Å². The fourth-order valence-electron chi connectivity index (χ4n) is 3.04. The third kappa shape index (κ3) is 3.17. The first kappa shape index (κ1) is 14.1. The first-order valence-corrected chi connectivity index (χ1v) is 7.99. The standard InChI is InChI=1S/C17H19N5O/c1-2-7-15-14(6-1)20-17(23-15)11-18-13-5-4-10-22(12-13)16-8-3-9-19-21-16/h1-3,6-9,13,18H,4-5,10-12H2. The first-order chi connectivity index (χ1) is 11.4. The van der Waals surface area contributed by atoms with Crippen molar-refractivity contribution in [2.75, 3.05) is 18.0 Å². The number of piperidine rings is 1. The molecule has 1 saturated heterocycles. The van der Waals surface area contributed by atoms with E-state index in [1.807, 2.05) is 36.4 Å². The lowest BCUT2D eigenvalue weighted by Gasteiger charge is -2.33. The number of hydrogen-bond acceptors (Lipinski definition) is 6. The molecule has 0 amide bonds. The quantitative estimate of drug-likeness (QED) is 0.798. The number of aromatic nitrogens is 3. The Hall–Kier alpha value is -2.47. The van der Waals surface area contributed by atoms with Gasteiger partial charge in [0.1, 0.15) is 5.52 Å². The van der Waals surface area contributed by atoms with Crippen LogP contribution in [0.1, 0.15) is 18.7 Å². The summed E-state index contributed by atoms with van der Waals surface area (Å²) in [5, 5.41) is 11.7. The van der Waals surface area contributed by atoms with Gasteiger partial charge in [-0.15, -0.1) is 5.10 Å². The van der Waals surface area contributed by atoms with Crippen molar-refractivity contribution >= 4 is 16.9 Å². The summed E-state index contributed by atoms with van der Waals surface area (Å²) >= 11 is 0. The van der Waals surface area contributed by atoms with Gasteiger partial charge < -0.3 is 14.6 Å². The molecule has 0 saturated carbocycles. The molecule has 1 unspecified atom stereocenters. The molecule has 1 fully saturated rings. The predicted octanol–water partition coefficient (Wildman–Crippen LogP) is 2.38. The number of para-hydroxylation sites is 2. The fraction of sp³-hybridized carbons (Fsp3) is 0.353. The Morgan fingerprint density at radius 2 is 2.17 bits per heavy atom. The number of nitrogens with zero attached hydrogens (tertiary/aromatic N) is 4. The van der Waals surface area contributed by atoms with Gasteiger partial charge >= 0.3 is 0 Å². The minimum atomic E-state index is 0.403. The second-order valence-corrected chi connectivity index (χ2v) is 5.82. The van der Waals surface area contributed by atoms with E-state index in [1.165, 1.54) is 0 Å². The smallest absolute Gasteiger partial charge is 0.209 e. The molecule has 1 aliphatic heterocycles. The predicted molar refractivity (Wildman–Crippen MR) is 88.1 cm³/mol. The average molecular weight is 309 g/mol. The highest BCUT2D eigenvalue weighted by atomic mass is 16.3. The molecule has 2 aromatic heterocycles. The van der Waals surface area contributed by atoms with Crippen LogP contribution >= 0.6 is 0 Å². The highest BCUT2D eigenvalue weighted by molar-refractivity contribution is 5.72. The van der Waals surface area contributed by atoms with Crippen molar-refractivity contribution in [2.24, 2.45) is 0 Å². The molecule has 6 nitrogen and oxygen atoms in total. The molecule has 1 aromatic carbocycles. The topological polar surface area (TPSA) is 67.1 Å². The van der Waals surface area contributed by atoms with Gasteiger partial charge in [-0.2, -0.15) is 5.10 Å². The van der Waals surface area contributed by atoms with Crippen LogP contribution in [-0.4, -0.2) is 34.3 Å². The number of benzene rings is 1. The second kappa shape index (κ2) is 6.34. The molecule has 23 heavy (non-hydrogen) atoms. The van der Waals surface area contributed by atoms with Crippen molar-refractivity contribution in [2.45, 2.75) is 25.4 Å². The number of oxazole rings is 1. The van der Waals surface area contributed by atoms with Gasteiger partial charge in [0.2, 0.25) is 5.89 Å². The van der Waals surface area contributed by atoms with Crippen molar-refractivity contribution in [3.05, 3.63) is 48.5 Å².